The van der Waals surface area contributed by atoms with Gasteiger partial charge in [0.2, 0.25) is 0 Å². The lowest BCUT2D eigenvalue weighted by Gasteiger charge is -2.12. The van der Waals surface area contributed by atoms with Gasteiger partial charge in [-0.3, -0.25) is 0 Å². The number of nitrogens with one attached hydrogen (secondary N) is 1. The number of rotatable bonds is 4. The van der Waals surface area contributed by atoms with Crippen molar-refractivity contribution in [3.05, 3.63) is 42.5 Å². The van der Waals surface area contributed by atoms with Gasteiger partial charge in [0, 0.05) is 10.6 Å². The van der Waals surface area contributed by atoms with Crippen LogP contribution in [0, 0.1) is 0 Å². The maximum atomic E-state index is 12.5. The Labute approximate surface area is 114 Å². The molecular weight excluding hydrogens is 268 g/mol. The number of hydrogen-bond donors (Lipinski definition) is 3. The lowest BCUT2D eigenvalue weighted by Crippen LogP contribution is -1.98. The number of nitrogens with two attached hydrogens (primary N) is 2. The molecule has 0 spiro atoms. The van der Waals surface area contributed by atoms with E-state index in [9.17, 15) is 8.78 Å². The average Bonchev–Trinajstić information content (AvgIpc) is 2.36. The van der Waals surface area contributed by atoms with Gasteiger partial charge in [0.05, 0.1) is 17.1 Å². The van der Waals surface area contributed by atoms with Crippen molar-refractivity contribution in [2.75, 3.05) is 16.8 Å². The first-order valence-electron chi connectivity index (χ1n) is 5.52. The van der Waals surface area contributed by atoms with E-state index in [1.807, 2.05) is 0 Å². The predicted molar refractivity (Wildman–Crippen MR) is 76.9 cm³/mol. The van der Waals surface area contributed by atoms with E-state index in [0.717, 1.165) is 0 Å². The van der Waals surface area contributed by atoms with Crippen LogP contribution >= 0.6 is 11.8 Å². The Kier molecular flexibility index (Phi) is 4.11. The molecule has 0 unspecified atom stereocenters. The van der Waals surface area contributed by atoms with Gasteiger partial charge in [-0.1, -0.05) is 23.9 Å². The van der Waals surface area contributed by atoms with Crippen LogP contribution in [0.3, 0.4) is 0 Å². The molecular formula is C13H13F2N3S. The molecule has 0 heterocycles. The highest BCUT2D eigenvalue weighted by Crippen LogP contribution is 2.33. The minimum Gasteiger partial charge on any atom is -0.397 e. The molecule has 0 atom stereocenters. The highest BCUT2D eigenvalue weighted by atomic mass is 32.2. The van der Waals surface area contributed by atoms with E-state index < -0.39 is 5.76 Å². The van der Waals surface area contributed by atoms with Crippen molar-refractivity contribution in [1.29, 1.82) is 0 Å². The maximum absolute atomic E-state index is 12.5. The van der Waals surface area contributed by atoms with Crippen LogP contribution < -0.4 is 16.8 Å². The molecule has 6 heteroatoms. The SMILES string of the molecule is Nc1ccc(Nc2ccccc2SC(F)F)cc1N. The molecule has 0 radical (unpaired) electrons. The van der Waals surface area contributed by atoms with Gasteiger partial charge in [0.15, 0.2) is 0 Å². The van der Waals surface area contributed by atoms with Gasteiger partial charge in [-0.05, 0) is 30.3 Å². The molecule has 5 N–H and O–H groups in total. The third-order valence-corrected chi connectivity index (χ3v) is 3.26. The van der Waals surface area contributed by atoms with E-state index in [-0.39, 0.29) is 0 Å². The highest BCUT2D eigenvalue weighted by molar-refractivity contribution is 7.99. The lowest BCUT2D eigenvalue weighted by molar-refractivity contribution is 0.252. The van der Waals surface area contributed by atoms with Crippen molar-refractivity contribution in [1.82, 2.24) is 0 Å². The van der Waals surface area contributed by atoms with Gasteiger partial charge in [-0.2, -0.15) is 8.78 Å². The molecule has 0 aliphatic rings. The standard InChI is InChI=1S/C13H13F2N3S/c14-13(15)19-12-4-2-1-3-11(12)18-8-5-6-9(16)10(17)7-8/h1-7,13,18H,16-17H2. The Hall–Kier alpha value is -1.95. The van der Waals surface area contributed by atoms with E-state index in [1.165, 1.54) is 0 Å². The first kappa shape index (κ1) is 13.5. The van der Waals surface area contributed by atoms with Crippen molar-refractivity contribution >= 4 is 34.5 Å². The summed E-state index contributed by atoms with van der Waals surface area (Å²) in [5.41, 5.74) is 13.6. The minimum absolute atomic E-state index is 0.448. The van der Waals surface area contributed by atoms with Gasteiger partial charge in [0.25, 0.3) is 5.76 Å². The Morgan fingerprint density at radius 3 is 2.42 bits per heavy atom. The number of alkyl halides is 2. The highest BCUT2D eigenvalue weighted by Gasteiger charge is 2.09. The predicted octanol–water partition coefficient (Wildman–Crippen LogP) is 3.91. The van der Waals surface area contributed by atoms with E-state index in [1.54, 1.807) is 42.5 Å². The molecule has 3 nitrogen and oxygen atoms in total. The summed E-state index contributed by atoms with van der Waals surface area (Å²) in [5, 5.41) is 3.06. The number of para-hydroxylation sites is 1. The fourth-order valence-electron chi connectivity index (χ4n) is 1.58. The number of halogens is 2. The number of nitrogen functional groups attached to an aromatic ring is 2. The Balaban J connectivity index is 2.25. The molecule has 2 aromatic rings. The summed E-state index contributed by atoms with van der Waals surface area (Å²) in [6.07, 6.45) is 0. The number of benzene rings is 2. The van der Waals surface area contributed by atoms with E-state index >= 15 is 0 Å². The molecule has 0 fully saturated rings. The first-order valence-corrected chi connectivity index (χ1v) is 6.40. The van der Waals surface area contributed by atoms with Crippen LogP contribution in [-0.4, -0.2) is 5.76 Å². The van der Waals surface area contributed by atoms with Gasteiger partial charge in [-0.15, -0.1) is 0 Å². The Bertz CT molecular complexity index is 576. The molecule has 19 heavy (non-hydrogen) atoms. The summed E-state index contributed by atoms with van der Waals surface area (Å²) in [6, 6.07) is 11.9. The van der Waals surface area contributed by atoms with E-state index in [2.05, 4.69) is 5.32 Å². The normalized spacial score (nSPS) is 10.7. The van der Waals surface area contributed by atoms with Crippen molar-refractivity contribution < 1.29 is 8.78 Å². The fourth-order valence-corrected chi connectivity index (χ4v) is 2.17. The van der Waals surface area contributed by atoms with Gasteiger partial charge < -0.3 is 16.8 Å². The van der Waals surface area contributed by atoms with Crippen molar-refractivity contribution in [3.63, 3.8) is 0 Å². The fraction of sp³-hybridized carbons (Fsp3) is 0.0769. The van der Waals surface area contributed by atoms with Crippen molar-refractivity contribution in [2.45, 2.75) is 10.7 Å². The van der Waals surface area contributed by atoms with Crippen LogP contribution in [0.2, 0.25) is 0 Å². The Morgan fingerprint density at radius 1 is 1.00 bits per heavy atom. The van der Waals surface area contributed by atoms with Gasteiger partial charge >= 0.3 is 0 Å². The van der Waals surface area contributed by atoms with Gasteiger partial charge in [0.1, 0.15) is 0 Å². The molecule has 0 saturated heterocycles. The second kappa shape index (κ2) is 5.79. The van der Waals surface area contributed by atoms with Crippen LogP contribution in [0.1, 0.15) is 0 Å². The van der Waals surface area contributed by atoms with E-state index in [4.69, 9.17) is 11.5 Å². The zero-order valence-electron chi connectivity index (χ0n) is 9.94. The molecule has 0 aromatic heterocycles. The summed E-state index contributed by atoms with van der Waals surface area (Å²) < 4.78 is 24.9. The zero-order valence-corrected chi connectivity index (χ0v) is 10.8. The van der Waals surface area contributed by atoms with Gasteiger partial charge in [-0.25, -0.2) is 0 Å². The molecule has 2 aromatic carbocycles. The molecule has 0 amide bonds. The number of thioether (sulfide) groups is 1. The second-order valence-corrected chi connectivity index (χ2v) is 4.88. The molecule has 0 aliphatic heterocycles. The molecule has 0 saturated carbocycles. The zero-order chi connectivity index (χ0) is 13.8. The third kappa shape index (κ3) is 3.51. The molecule has 100 valence electrons. The van der Waals surface area contributed by atoms with Crippen LogP contribution in [0.15, 0.2) is 47.4 Å². The average molecular weight is 281 g/mol. The molecule has 2 rings (SSSR count). The summed E-state index contributed by atoms with van der Waals surface area (Å²) >= 11 is 0.500. The minimum atomic E-state index is -2.46. The molecule has 0 aliphatic carbocycles. The number of anilines is 4. The first-order chi connectivity index (χ1) is 9.06. The second-order valence-electron chi connectivity index (χ2n) is 3.84. The summed E-state index contributed by atoms with van der Waals surface area (Å²) in [6.45, 7) is 0. The summed E-state index contributed by atoms with van der Waals surface area (Å²) in [4.78, 5) is 0.480. The third-order valence-electron chi connectivity index (χ3n) is 2.47. The summed E-state index contributed by atoms with van der Waals surface area (Å²) in [7, 11) is 0. The maximum Gasteiger partial charge on any atom is 0.288 e. The monoisotopic (exact) mass is 281 g/mol. The van der Waals surface area contributed by atoms with Crippen LogP contribution in [-0.2, 0) is 0 Å². The van der Waals surface area contributed by atoms with Crippen molar-refractivity contribution in [2.24, 2.45) is 0 Å². The smallest absolute Gasteiger partial charge is 0.288 e. The topological polar surface area (TPSA) is 64.1 Å². The summed E-state index contributed by atoms with van der Waals surface area (Å²) in [5.74, 6) is -2.46. The largest absolute Gasteiger partial charge is 0.397 e. The Morgan fingerprint density at radius 2 is 1.74 bits per heavy atom. The molecule has 0 bridgehead atoms. The van der Waals surface area contributed by atoms with Crippen molar-refractivity contribution in [3.8, 4) is 0 Å². The van der Waals surface area contributed by atoms with Crippen LogP contribution in [0.25, 0.3) is 0 Å². The lowest BCUT2D eigenvalue weighted by atomic mass is 10.2. The number of hydrogen-bond acceptors (Lipinski definition) is 4. The van der Waals surface area contributed by atoms with Crippen LogP contribution in [0.4, 0.5) is 31.5 Å². The van der Waals surface area contributed by atoms with Crippen LogP contribution in [0.5, 0.6) is 0 Å². The quantitative estimate of drug-likeness (QED) is 0.587. The van der Waals surface area contributed by atoms with E-state index in [0.29, 0.717) is 39.4 Å².